The van der Waals surface area contributed by atoms with Crippen molar-refractivity contribution in [2.75, 3.05) is 57.3 Å². The molecule has 2 saturated heterocycles. The second kappa shape index (κ2) is 18.4. The van der Waals surface area contributed by atoms with Crippen LogP contribution in [0.2, 0.25) is 5.02 Å². The molecule has 12 heteroatoms. The van der Waals surface area contributed by atoms with Gasteiger partial charge in [0, 0.05) is 100 Å². The molecule has 0 atom stereocenters. The number of piperidine rings is 1. The van der Waals surface area contributed by atoms with Crippen LogP contribution in [0, 0.1) is 37.5 Å². The van der Waals surface area contributed by atoms with E-state index in [1.165, 1.54) is 80.7 Å². The van der Waals surface area contributed by atoms with Crippen LogP contribution >= 0.6 is 34.3 Å². The maximum absolute atomic E-state index is 11.6. The minimum absolute atomic E-state index is 0.216. The van der Waals surface area contributed by atoms with E-state index in [0.29, 0.717) is 16.7 Å². The number of anilines is 1. The number of carbonyl (C=O) groups excluding carboxylic acids is 1. The minimum atomic E-state index is 0.216. The average molecular weight is 874 g/mol. The van der Waals surface area contributed by atoms with Crippen LogP contribution in [0.25, 0.3) is 32.2 Å². The topological polar surface area (TPSA) is 95.0 Å². The number of nitrogens with one attached hydrogen (secondary N) is 2. The number of fused-ring (bicyclic) bond motifs is 4. The van der Waals surface area contributed by atoms with E-state index in [1.807, 2.05) is 40.5 Å². The first-order chi connectivity index (χ1) is 29.4. The summed E-state index contributed by atoms with van der Waals surface area (Å²) in [4.78, 5) is 27.7. The molecule has 3 aromatic heterocycles. The van der Waals surface area contributed by atoms with E-state index < -0.39 is 0 Å². The summed E-state index contributed by atoms with van der Waals surface area (Å²) >= 11 is 9.44. The molecular formula is C49H57ClN8OS2. The molecule has 0 bridgehead atoms. The third kappa shape index (κ3) is 9.13. The quantitative estimate of drug-likeness (QED) is 0.123. The van der Waals surface area contributed by atoms with Gasteiger partial charge in [0.15, 0.2) is 0 Å². The molecule has 0 radical (unpaired) electrons. The molecule has 0 unspecified atom stereocenters. The van der Waals surface area contributed by atoms with Gasteiger partial charge in [-0.3, -0.25) is 35.3 Å². The number of hydrogen-bond acceptors (Lipinski definition) is 8. The zero-order valence-corrected chi connectivity index (χ0v) is 38.7. The Bertz CT molecular complexity index is 2620. The van der Waals surface area contributed by atoms with Crippen molar-refractivity contribution in [3.8, 4) is 10.4 Å². The Kier molecular flexibility index (Phi) is 13.0. The van der Waals surface area contributed by atoms with Crippen molar-refractivity contribution in [1.82, 2.24) is 19.3 Å². The monoisotopic (exact) mass is 872 g/mol. The molecule has 9 nitrogen and oxygen atoms in total. The normalized spacial score (nSPS) is 16.7. The van der Waals surface area contributed by atoms with Crippen LogP contribution in [0.1, 0.15) is 66.3 Å². The molecule has 2 fully saturated rings. The van der Waals surface area contributed by atoms with Gasteiger partial charge in [0.05, 0.1) is 12.3 Å². The first kappa shape index (κ1) is 43.0. The lowest BCUT2D eigenvalue weighted by Crippen LogP contribution is -2.50. The highest BCUT2D eigenvalue weighted by atomic mass is 35.5. The number of likely N-dealkylation sites (tertiary alicyclic amines) is 1. The predicted octanol–water partition coefficient (Wildman–Crippen LogP) is 10.9. The fourth-order valence-electron chi connectivity index (χ4n) is 9.19. The van der Waals surface area contributed by atoms with Crippen molar-refractivity contribution in [3.63, 3.8) is 0 Å². The van der Waals surface area contributed by atoms with E-state index in [1.54, 1.807) is 30.1 Å². The van der Waals surface area contributed by atoms with Crippen LogP contribution < -0.4 is 4.90 Å². The number of amides is 1. The molecule has 0 spiro atoms. The maximum atomic E-state index is 11.6. The van der Waals surface area contributed by atoms with E-state index in [-0.39, 0.29) is 12.5 Å². The standard InChI is InChI=1S/C32H40N4OS.C17H17ClN4S/c1-4-36-30-8-5-26(18-29(30)28-7-6-27(19-31(28)36)32-17-23(2)22-38-32)21-33-11-9-25(10-12-33)20-34-13-15-35(16-14-34)24(3)37;1-9-10(2)23-17-15(9)16(12-4-6-13(18)7-5-12)21-8-14(20)22(17)11(3)19/h5-8,17-19,22,25H,4,9-16,20-21H2,1-3H3;4-7,19-20H,8H2,1-3H3. The molecule has 6 aromatic rings. The summed E-state index contributed by atoms with van der Waals surface area (Å²) in [6.45, 7) is 21.6. The molecule has 9 rings (SSSR count). The molecule has 0 saturated carbocycles. The number of aliphatic imine (C=N–C) groups is 1. The van der Waals surface area contributed by atoms with Crippen LogP contribution in [-0.4, -0.2) is 94.9 Å². The molecule has 2 N–H and O–H groups in total. The van der Waals surface area contributed by atoms with E-state index >= 15 is 0 Å². The molecule has 3 aromatic carbocycles. The summed E-state index contributed by atoms with van der Waals surface area (Å²) in [6, 6.07) is 24.0. The highest BCUT2D eigenvalue weighted by Crippen LogP contribution is 2.39. The number of amidine groups is 2. The van der Waals surface area contributed by atoms with Crippen molar-refractivity contribution < 1.29 is 4.79 Å². The van der Waals surface area contributed by atoms with E-state index in [9.17, 15) is 4.79 Å². The SMILES string of the molecule is CC(=N)N1C(=N)CN=C(c2ccc(Cl)cc2)c2c1sc(C)c2C.CCn1c2ccc(CN3CCC(CN4CCN(C(C)=O)CC4)CC3)cc2c2ccc(-c3cc(C)cs3)cc21. The zero-order chi connectivity index (χ0) is 42.9. The summed E-state index contributed by atoms with van der Waals surface area (Å²) in [7, 11) is 0. The fraction of sp³-hybridized carbons (Fsp3) is 0.388. The van der Waals surface area contributed by atoms with Crippen molar-refractivity contribution in [2.24, 2.45) is 10.9 Å². The van der Waals surface area contributed by atoms with Crippen molar-refractivity contribution in [3.05, 3.63) is 110 Å². The van der Waals surface area contributed by atoms with Gasteiger partial charge in [0.2, 0.25) is 5.91 Å². The fourth-order valence-corrected chi connectivity index (χ4v) is 11.4. The Labute approximate surface area is 373 Å². The Morgan fingerprint density at radius 1 is 0.852 bits per heavy atom. The Balaban J connectivity index is 0.000000191. The van der Waals surface area contributed by atoms with Gasteiger partial charge < -0.3 is 9.47 Å². The number of hydrogen-bond donors (Lipinski definition) is 2. The highest BCUT2D eigenvalue weighted by Gasteiger charge is 2.29. The summed E-state index contributed by atoms with van der Waals surface area (Å²) in [5, 5.41) is 22.9. The molecule has 3 aliphatic heterocycles. The van der Waals surface area contributed by atoms with Crippen LogP contribution in [0.3, 0.4) is 0 Å². The van der Waals surface area contributed by atoms with Crippen molar-refractivity contribution >= 4 is 84.4 Å². The largest absolute Gasteiger partial charge is 0.341 e. The van der Waals surface area contributed by atoms with Crippen LogP contribution in [0.15, 0.2) is 77.1 Å². The van der Waals surface area contributed by atoms with Gasteiger partial charge >= 0.3 is 0 Å². The van der Waals surface area contributed by atoms with Gasteiger partial charge in [0.25, 0.3) is 0 Å². The number of aryl methyl sites for hydroxylation is 3. The molecule has 3 aliphatic rings. The summed E-state index contributed by atoms with van der Waals surface area (Å²) in [5.74, 6) is 1.66. The predicted molar refractivity (Wildman–Crippen MR) is 259 cm³/mol. The molecule has 61 heavy (non-hydrogen) atoms. The summed E-state index contributed by atoms with van der Waals surface area (Å²) in [5.41, 5.74) is 10.8. The van der Waals surface area contributed by atoms with Gasteiger partial charge in [0.1, 0.15) is 16.7 Å². The lowest BCUT2D eigenvalue weighted by molar-refractivity contribution is -0.130. The maximum Gasteiger partial charge on any atom is 0.219 e. The molecule has 1 amide bonds. The molecule has 318 valence electrons. The Hall–Kier alpha value is -4.65. The Morgan fingerprint density at radius 3 is 2.23 bits per heavy atom. The molecular weight excluding hydrogens is 816 g/mol. The molecule has 6 heterocycles. The third-order valence-electron chi connectivity index (χ3n) is 12.6. The van der Waals surface area contributed by atoms with Gasteiger partial charge in [-0.05, 0) is 130 Å². The molecule has 0 aliphatic carbocycles. The summed E-state index contributed by atoms with van der Waals surface area (Å²) < 4.78 is 2.47. The number of halogens is 1. The van der Waals surface area contributed by atoms with E-state index in [2.05, 4.69) is 94.9 Å². The van der Waals surface area contributed by atoms with Gasteiger partial charge in [-0.1, -0.05) is 41.9 Å². The Morgan fingerprint density at radius 2 is 1.57 bits per heavy atom. The van der Waals surface area contributed by atoms with E-state index in [0.717, 1.165) is 72.6 Å². The smallest absolute Gasteiger partial charge is 0.219 e. The number of piperazine rings is 1. The second-order valence-corrected chi connectivity index (χ2v) is 19.4. The number of thiophene rings is 2. The summed E-state index contributed by atoms with van der Waals surface area (Å²) in [6.07, 6.45) is 2.55. The van der Waals surface area contributed by atoms with E-state index in [4.69, 9.17) is 22.4 Å². The van der Waals surface area contributed by atoms with Crippen LogP contribution in [0.5, 0.6) is 0 Å². The van der Waals surface area contributed by atoms with Crippen molar-refractivity contribution in [2.45, 2.75) is 67.5 Å². The minimum Gasteiger partial charge on any atom is -0.341 e. The van der Waals surface area contributed by atoms with Crippen LogP contribution in [0.4, 0.5) is 5.00 Å². The third-order valence-corrected chi connectivity index (χ3v) is 15.2. The zero-order valence-electron chi connectivity index (χ0n) is 36.3. The second-order valence-electron chi connectivity index (χ2n) is 16.8. The van der Waals surface area contributed by atoms with Gasteiger partial charge in [-0.2, -0.15) is 0 Å². The number of benzene rings is 3. The van der Waals surface area contributed by atoms with Gasteiger partial charge in [-0.25, -0.2) is 0 Å². The number of rotatable bonds is 7. The first-order valence-electron chi connectivity index (χ1n) is 21.5. The lowest BCUT2D eigenvalue weighted by atomic mass is 9.95. The highest BCUT2D eigenvalue weighted by molar-refractivity contribution is 7.17. The number of aromatic nitrogens is 1. The average Bonchev–Trinajstić information content (AvgIpc) is 3.88. The van der Waals surface area contributed by atoms with Crippen LogP contribution in [-0.2, 0) is 17.9 Å². The van der Waals surface area contributed by atoms with Gasteiger partial charge in [-0.15, -0.1) is 22.7 Å². The number of carbonyl (C=O) groups is 1. The first-order valence-corrected chi connectivity index (χ1v) is 23.6. The number of nitrogens with zero attached hydrogens (tertiary/aromatic N) is 6. The van der Waals surface area contributed by atoms with Crippen molar-refractivity contribution in [1.29, 1.82) is 10.8 Å². The lowest BCUT2D eigenvalue weighted by Gasteiger charge is -2.38.